The molecule has 2 atom stereocenters. The van der Waals surface area contributed by atoms with Crippen LogP contribution in [0, 0.1) is 6.92 Å². The monoisotopic (exact) mass is 369 g/mol. The maximum atomic E-state index is 10.4. The number of aryl methyl sites for hydroxylation is 1. The van der Waals surface area contributed by atoms with Crippen LogP contribution in [-0.4, -0.2) is 35.4 Å². The van der Waals surface area contributed by atoms with Gasteiger partial charge >= 0.3 is 5.97 Å². The minimum atomic E-state index is -0.930. The summed E-state index contributed by atoms with van der Waals surface area (Å²) in [5, 5.41) is 8.58. The van der Waals surface area contributed by atoms with Crippen LogP contribution in [0.15, 0.2) is 42.6 Å². The number of aromatic nitrogens is 1. The van der Waals surface area contributed by atoms with Crippen LogP contribution < -0.4 is 4.74 Å². The number of carbonyl (C=O) groups is 1. The van der Waals surface area contributed by atoms with Crippen molar-refractivity contribution in [2.45, 2.75) is 51.0 Å². The highest BCUT2D eigenvalue weighted by atomic mass is 16.5. The first-order valence-electron chi connectivity index (χ1n) is 9.58. The average Bonchev–Trinajstić information content (AvgIpc) is 2.68. The number of carboxylic acid groups (broad SMARTS) is 1. The van der Waals surface area contributed by atoms with E-state index >= 15 is 0 Å². The van der Waals surface area contributed by atoms with Crippen molar-refractivity contribution in [3.8, 4) is 5.75 Å². The van der Waals surface area contributed by atoms with Crippen molar-refractivity contribution in [1.29, 1.82) is 0 Å². The summed E-state index contributed by atoms with van der Waals surface area (Å²) in [6.45, 7) is 2.16. The largest absolute Gasteiger partial charge is 0.489 e. The third-order valence-electron chi connectivity index (χ3n) is 5.02. The highest BCUT2D eigenvalue weighted by Gasteiger charge is 2.24. The van der Waals surface area contributed by atoms with Crippen LogP contribution in [0.1, 0.15) is 48.4 Å². The van der Waals surface area contributed by atoms with Gasteiger partial charge in [0.05, 0.1) is 18.9 Å². The van der Waals surface area contributed by atoms with E-state index in [1.165, 1.54) is 24.0 Å². The van der Waals surface area contributed by atoms with E-state index in [2.05, 4.69) is 29.2 Å². The Morgan fingerprint density at radius 2 is 2.00 bits per heavy atom. The number of aliphatic carboxylic acids is 1. The molecule has 0 spiro atoms. The van der Waals surface area contributed by atoms with E-state index in [-0.39, 0.29) is 12.7 Å². The van der Waals surface area contributed by atoms with Crippen LogP contribution in [0.5, 0.6) is 5.75 Å². The third kappa shape index (κ3) is 6.07. The van der Waals surface area contributed by atoms with Gasteiger partial charge in [-0.2, -0.15) is 0 Å². The van der Waals surface area contributed by atoms with E-state index in [1.54, 1.807) is 6.20 Å². The smallest absolute Gasteiger partial charge is 0.329 e. The van der Waals surface area contributed by atoms with Gasteiger partial charge in [-0.3, -0.25) is 4.98 Å². The molecular weight excluding hydrogens is 342 g/mol. The van der Waals surface area contributed by atoms with Gasteiger partial charge in [-0.1, -0.05) is 24.3 Å². The molecular formula is C22H27NO4. The summed E-state index contributed by atoms with van der Waals surface area (Å²) in [6, 6.07) is 12.6. The highest BCUT2D eigenvalue weighted by molar-refractivity contribution is 5.67. The lowest BCUT2D eigenvalue weighted by Crippen LogP contribution is -2.24. The topological polar surface area (TPSA) is 68.7 Å². The van der Waals surface area contributed by atoms with Crippen molar-refractivity contribution < 1.29 is 19.4 Å². The minimum Gasteiger partial charge on any atom is -0.489 e. The maximum absolute atomic E-state index is 10.4. The van der Waals surface area contributed by atoms with E-state index in [9.17, 15) is 4.79 Å². The summed E-state index contributed by atoms with van der Waals surface area (Å²) in [7, 11) is 0. The summed E-state index contributed by atoms with van der Waals surface area (Å²) in [4.78, 5) is 14.8. The molecule has 144 valence electrons. The van der Waals surface area contributed by atoms with Gasteiger partial charge < -0.3 is 14.6 Å². The summed E-state index contributed by atoms with van der Waals surface area (Å²) >= 11 is 0. The summed E-state index contributed by atoms with van der Waals surface area (Å²) < 4.78 is 11.2. The lowest BCUT2D eigenvalue weighted by atomic mass is 9.82. The van der Waals surface area contributed by atoms with Crippen LogP contribution in [0.3, 0.4) is 0 Å². The second kappa shape index (κ2) is 9.51. The Morgan fingerprint density at radius 1 is 1.19 bits per heavy atom. The predicted molar refractivity (Wildman–Crippen MR) is 103 cm³/mol. The Kier molecular flexibility index (Phi) is 6.82. The van der Waals surface area contributed by atoms with Gasteiger partial charge in [0.2, 0.25) is 0 Å². The van der Waals surface area contributed by atoms with Gasteiger partial charge in [0.1, 0.15) is 12.4 Å². The molecule has 2 aromatic rings. The molecule has 0 aliphatic heterocycles. The van der Waals surface area contributed by atoms with E-state index < -0.39 is 5.97 Å². The van der Waals surface area contributed by atoms with Crippen molar-refractivity contribution in [2.75, 3.05) is 13.2 Å². The first-order valence-corrected chi connectivity index (χ1v) is 9.58. The summed E-state index contributed by atoms with van der Waals surface area (Å²) in [6.07, 6.45) is 7.23. The Morgan fingerprint density at radius 3 is 2.70 bits per heavy atom. The number of hydrogen-bond donors (Lipinski definition) is 1. The lowest BCUT2D eigenvalue weighted by Gasteiger charge is -2.30. The molecule has 0 unspecified atom stereocenters. The summed E-state index contributed by atoms with van der Waals surface area (Å²) in [5.74, 6) is 0.434. The first kappa shape index (κ1) is 19.4. The standard InChI is InChI=1S/C22H27NO4/c1-16-5-10-21(14-23-16)27-20-4-2-3-19(13-20)18-8-6-17(7-9-18)11-12-26-15-22(24)25/h5-10,14,19-20H,2-4,11-13,15H2,1H3,(H,24,25)/t19-,20+/m1/s1. The third-order valence-corrected chi connectivity index (χ3v) is 5.02. The van der Waals surface area contributed by atoms with E-state index in [1.807, 2.05) is 19.1 Å². The second-order valence-electron chi connectivity index (χ2n) is 7.18. The zero-order valence-corrected chi connectivity index (χ0v) is 15.8. The van der Waals surface area contributed by atoms with Gasteiger partial charge in [0.25, 0.3) is 0 Å². The molecule has 1 aromatic heterocycles. The molecule has 1 heterocycles. The number of ether oxygens (including phenoxy) is 2. The van der Waals surface area contributed by atoms with Gasteiger partial charge in [0.15, 0.2) is 0 Å². The van der Waals surface area contributed by atoms with Crippen LogP contribution in [-0.2, 0) is 16.0 Å². The number of rotatable bonds is 8. The SMILES string of the molecule is Cc1ccc(O[C@H]2CCC[C@@H](c3ccc(CCOCC(=O)O)cc3)C2)cn1. The fraction of sp³-hybridized carbons (Fsp3) is 0.455. The number of benzene rings is 1. The zero-order valence-electron chi connectivity index (χ0n) is 15.8. The lowest BCUT2D eigenvalue weighted by molar-refractivity contribution is -0.142. The molecule has 1 aliphatic rings. The molecule has 1 saturated carbocycles. The molecule has 5 nitrogen and oxygen atoms in total. The van der Waals surface area contributed by atoms with E-state index in [4.69, 9.17) is 14.6 Å². The van der Waals surface area contributed by atoms with Crippen LogP contribution in [0.25, 0.3) is 0 Å². The molecule has 27 heavy (non-hydrogen) atoms. The van der Waals surface area contributed by atoms with E-state index in [0.717, 1.165) is 30.7 Å². The Bertz CT molecular complexity index is 727. The molecule has 0 saturated heterocycles. The second-order valence-corrected chi connectivity index (χ2v) is 7.18. The van der Waals surface area contributed by atoms with Gasteiger partial charge in [-0.05, 0) is 68.2 Å². The van der Waals surface area contributed by atoms with Gasteiger partial charge in [-0.15, -0.1) is 0 Å². The van der Waals surface area contributed by atoms with Crippen molar-refractivity contribution in [2.24, 2.45) is 0 Å². The minimum absolute atomic E-state index is 0.234. The first-order chi connectivity index (χ1) is 13.1. The van der Waals surface area contributed by atoms with Crippen molar-refractivity contribution in [3.05, 3.63) is 59.4 Å². The van der Waals surface area contributed by atoms with Crippen molar-refractivity contribution >= 4 is 5.97 Å². The molecule has 1 aromatic carbocycles. The maximum Gasteiger partial charge on any atom is 0.329 e. The Hall–Kier alpha value is -2.40. The Labute approximate surface area is 160 Å². The molecule has 1 fully saturated rings. The van der Waals surface area contributed by atoms with Crippen molar-refractivity contribution in [3.63, 3.8) is 0 Å². The summed E-state index contributed by atoms with van der Waals surface area (Å²) in [5.41, 5.74) is 3.51. The van der Waals surface area contributed by atoms with Crippen LogP contribution >= 0.6 is 0 Å². The predicted octanol–water partition coefficient (Wildman–Crippen LogP) is 4.14. The molecule has 1 aliphatic carbocycles. The fourth-order valence-electron chi connectivity index (χ4n) is 3.58. The number of hydrogen-bond acceptors (Lipinski definition) is 4. The van der Waals surface area contributed by atoms with Crippen LogP contribution in [0.2, 0.25) is 0 Å². The quantitative estimate of drug-likeness (QED) is 0.708. The molecule has 0 bridgehead atoms. The van der Waals surface area contributed by atoms with Gasteiger partial charge in [0, 0.05) is 5.69 Å². The average molecular weight is 369 g/mol. The van der Waals surface area contributed by atoms with E-state index in [0.29, 0.717) is 12.5 Å². The van der Waals surface area contributed by atoms with Gasteiger partial charge in [-0.25, -0.2) is 4.79 Å². The molecule has 3 rings (SSSR count). The number of pyridine rings is 1. The molecule has 0 radical (unpaired) electrons. The Balaban J connectivity index is 1.51. The van der Waals surface area contributed by atoms with Crippen LogP contribution in [0.4, 0.5) is 0 Å². The molecule has 0 amide bonds. The molecule has 5 heteroatoms. The molecule has 1 N–H and O–H groups in total. The number of carboxylic acids is 1. The number of nitrogens with zero attached hydrogens (tertiary/aromatic N) is 1. The highest BCUT2D eigenvalue weighted by Crippen LogP contribution is 2.34. The fourth-order valence-corrected chi connectivity index (χ4v) is 3.58. The van der Waals surface area contributed by atoms with Crippen molar-refractivity contribution in [1.82, 2.24) is 4.98 Å². The zero-order chi connectivity index (χ0) is 19.1. The normalized spacial score (nSPS) is 19.6.